The lowest BCUT2D eigenvalue weighted by Crippen LogP contribution is -2.18. The van der Waals surface area contributed by atoms with E-state index in [9.17, 15) is 17.6 Å². The normalized spacial score (nSPS) is 11.8. The van der Waals surface area contributed by atoms with E-state index in [1.54, 1.807) is 0 Å². The molecule has 0 heterocycles. The van der Waals surface area contributed by atoms with Gasteiger partial charge < -0.3 is 4.90 Å². The molecular formula is C12H17FN2O3S. The van der Waals surface area contributed by atoms with E-state index in [1.807, 2.05) is 19.0 Å². The first-order valence-electron chi connectivity index (χ1n) is 5.72. The van der Waals surface area contributed by atoms with Crippen molar-refractivity contribution < 1.29 is 17.6 Å². The molecule has 1 aromatic rings. The van der Waals surface area contributed by atoms with Gasteiger partial charge in [-0.3, -0.25) is 4.79 Å². The fourth-order valence-corrected chi connectivity index (χ4v) is 2.40. The second kappa shape index (κ2) is 6.23. The van der Waals surface area contributed by atoms with Gasteiger partial charge in [-0.2, -0.15) is 0 Å². The first-order chi connectivity index (χ1) is 8.71. The van der Waals surface area contributed by atoms with Gasteiger partial charge in [-0.1, -0.05) is 0 Å². The molecule has 0 radical (unpaired) electrons. The summed E-state index contributed by atoms with van der Waals surface area (Å²) in [6, 6.07) is 2.90. The predicted octanol–water partition coefficient (Wildman–Crippen LogP) is 0.998. The second-order valence-electron chi connectivity index (χ2n) is 4.52. The highest BCUT2D eigenvalue weighted by atomic mass is 32.2. The van der Waals surface area contributed by atoms with Crippen LogP contribution in [-0.2, 0) is 10.0 Å². The first-order valence-corrected chi connectivity index (χ1v) is 7.26. The van der Waals surface area contributed by atoms with Gasteiger partial charge in [0.15, 0.2) is 5.78 Å². The number of sulfonamides is 1. The van der Waals surface area contributed by atoms with E-state index < -0.39 is 21.6 Å². The van der Waals surface area contributed by atoms with Crippen LogP contribution in [0.4, 0.5) is 4.39 Å². The van der Waals surface area contributed by atoms with Crippen LogP contribution in [0.5, 0.6) is 0 Å². The first kappa shape index (κ1) is 15.7. The van der Waals surface area contributed by atoms with Crippen LogP contribution in [0, 0.1) is 5.82 Å². The molecule has 1 aromatic carbocycles. The van der Waals surface area contributed by atoms with Crippen molar-refractivity contribution in [3.63, 3.8) is 0 Å². The zero-order chi connectivity index (χ0) is 14.6. The summed E-state index contributed by atoms with van der Waals surface area (Å²) in [5.41, 5.74) is -0.179. The summed E-state index contributed by atoms with van der Waals surface area (Å²) in [6.45, 7) is 0.686. The second-order valence-corrected chi connectivity index (χ2v) is 6.05. The number of nitrogens with two attached hydrogens (primary N) is 1. The van der Waals surface area contributed by atoms with Crippen molar-refractivity contribution >= 4 is 15.8 Å². The molecule has 7 heteroatoms. The highest BCUT2D eigenvalue weighted by Gasteiger charge is 2.19. The van der Waals surface area contributed by atoms with Crippen molar-refractivity contribution in [2.24, 2.45) is 5.14 Å². The van der Waals surface area contributed by atoms with E-state index in [0.717, 1.165) is 18.2 Å². The van der Waals surface area contributed by atoms with E-state index in [2.05, 4.69) is 0 Å². The summed E-state index contributed by atoms with van der Waals surface area (Å²) in [6.07, 6.45) is 0.705. The topological polar surface area (TPSA) is 80.5 Å². The van der Waals surface area contributed by atoms with Crippen molar-refractivity contribution in [2.75, 3.05) is 20.6 Å². The van der Waals surface area contributed by atoms with E-state index >= 15 is 0 Å². The Morgan fingerprint density at radius 2 is 2.00 bits per heavy atom. The quantitative estimate of drug-likeness (QED) is 0.792. The minimum absolute atomic E-state index is 0.143. The van der Waals surface area contributed by atoms with E-state index in [0.29, 0.717) is 13.0 Å². The summed E-state index contributed by atoms with van der Waals surface area (Å²) in [7, 11) is -0.307. The minimum atomic E-state index is -4.03. The lowest BCUT2D eigenvalue weighted by molar-refractivity contribution is 0.0973. The lowest BCUT2D eigenvalue weighted by atomic mass is 10.1. The number of ketones is 1. The molecule has 0 aliphatic carbocycles. The molecule has 0 fully saturated rings. The number of hydrogen-bond donors (Lipinski definition) is 1. The summed E-state index contributed by atoms with van der Waals surface area (Å²) >= 11 is 0. The highest BCUT2D eigenvalue weighted by molar-refractivity contribution is 7.89. The number of carbonyl (C=O) groups excluding carboxylic acids is 1. The Kier molecular flexibility index (Phi) is 5.16. The Balaban J connectivity index is 2.98. The molecule has 106 valence electrons. The fraction of sp³-hybridized carbons (Fsp3) is 0.417. The number of Topliss-reactive ketones (excluding diaryl/α,β-unsaturated/α-hetero) is 1. The molecule has 0 atom stereocenters. The van der Waals surface area contributed by atoms with Gasteiger partial charge >= 0.3 is 0 Å². The summed E-state index contributed by atoms with van der Waals surface area (Å²) in [5.74, 6) is -1.09. The molecule has 19 heavy (non-hydrogen) atoms. The van der Waals surface area contributed by atoms with Gasteiger partial charge in [0.1, 0.15) is 5.82 Å². The van der Waals surface area contributed by atoms with Crippen molar-refractivity contribution in [1.82, 2.24) is 4.90 Å². The van der Waals surface area contributed by atoms with Gasteiger partial charge in [0.2, 0.25) is 10.0 Å². The Morgan fingerprint density at radius 1 is 1.37 bits per heavy atom. The number of carbonyl (C=O) groups is 1. The molecular weight excluding hydrogens is 271 g/mol. The third kappa shape index (κ3) is 4.70. The van der Waals surface area contributed by atoms with Crippen LogP contribution in [-0.4, -0.2) is 39.7 Å². The van der Waals surface area contributed by atoms with Crippen molar-refractivity contribution in [3.8, 4) is 0 Å². The van der Waals surface area contributed by atoms with Gasteiger partial charge in [0.05, 0.1) is 4.90 Å². The molecule has 2 N–H and O–H groups in total. The third-order valence-corrected chi connectivity index (χ3v) is 3.53. The zero-order valence-electron chi connectivity index (χ0n) is 10.9. The number of benzene rings is 1. The third-order valence-electron chi connectivity index (χ3n) is 2.56. The van der Waals surface area contributed by atoms with Crippen LogP contribution >= 0.6 is 0 Å². The maximum absolute atomic E-state index is 13.1. The minimum Gasteiger partial charge on any atom is -0.309 e. The lowest BCUT2D eigenvalue weighted by Gasteiger charge is -2.10. The van der Waals surface area contributed by atoms with Crippen LogP contribution in [0.3, 0.4) is 0 Å². The fourth-order valence-electron chi connectivity index (χ4n) is 1.66. The van der Waals surface area contributed by atoms with Gasteiger partial charge in [0, 0.05) is 12.0 Å². The maximum atomic E-state index is 13.1. The summed E-state index contributed by atoms with van der Waals surface area (Å²) in [4.78, 5) is 13.5. The molecule has 0 aromatic heterocycles. The monoisotopic (exact) mass is 288 g/mol. The standard InChI is InChI=1S/C12H17FN2O3S/c1-15(2)7-3-4-11(16)10-8-9(13)5-6-12(10)19(14,17)18/h5-6,8H,3-4,7H2,1-2H3,(H2,14,17,18). The van der Waals surface area contributed by atoms with E-state index in [4.69, 9.17) is 5.14 Å². The predicted molar refractivity (Wildman–Crippen MR) is 69.9 cm³/mol. The molecule has 5 nitrogen and oxygen atoms in total. The summed E-state index contributed by atoms with van der Waals surface area (Å²) < 4.78 is 35.8. The highest BCUT2D eigenvalue weighted by Crippen LogP contribution is 2.18. The zero-order valence-corrected chi connectivity index (χ0v) is 11.7. The van der Waals surface area contributed by atoms with E-state index in [1.165, 1.54) is 0 Å². The van der Waals surface area contributed by atoms with Crippen LogP contribution in [0.1, 0.15) is 23.2 Å². The van der Waals surface area contributed by atoms with Crippen LogP contribution in [0.25, 0.3) is 0 Å². The van der Waals surface area contributed by atoms with Crippen molar-refractivity contribution in [1.29, 1.82) is 0 Å². The number of nitrogens with zero attached hydrogens (tertiary/aromatic N) is 1. The molecule has 0 amide bonds. The Morgan fingerprint density at radius 3 is 2.53 bits per heavy atom. The van der Waals surface area contributed by atoms with Gasteiger partial charge in [-0.05, 0) is 45.3 Å². The number of rotatable bonds is 6. The smallest absolute Gasteiger partial charge is 0.238 e. The van der Waals surface area contributed by atoms with Crippen molar-refractivity contribution in [3.05, 3.63) is 29.6 Å². The number of halogens is 1. The SMILES string of the molecule is CN(C)CCCC(=O)c1cc(F)ccc1S(N)(=O)=O. The molecule has 1 rings (SSSR count). The molecule has 0 saturated heterocycles. The molecule has 0 saturated carbocycles. The van der Waals surface area contributed by atoms with Crippen LogP contribution < -0.4 is 5.14 Å². The van der Waals surface area contributed by atoms with Crippen molar-refractivity contribution in [2.45, 2.75) is 17.7 Å². The molecule has 0 aliphatic heterocycles. The van der Waals surface area contributed by atoms with Crippen LogP contribution in [0.2, 0.25) is 0 Å². The average molecular weight is 288 g/mol. The molecule has 0 spiro atoms. The Bertz CT molecular complexity index is 570. The Labute approximate surface area is 112 Å². The maximum Gasteiger partial charge on any atom is 0.238 e. The average Bonchev–Trinajstić information content (AvgIpc) is 2.26. The molecule has 0 unspecified atom stereocenters. The number of hydrogen-bond acceptors (Lipinski definition) is 4. The summed E-state index contributed by atoms with van der Waals surface area (Å²) in [5, 5.41) is 5.01. The van der Waals surface area contributed by atoms with Gasteiger partial charge in [0.25, 0.3) is 0 Å². The Hall–Kier alpha value is -1.31. The van der Waals surface area contributed by atoms with Crippen LogP contribution in [0.15, 0.2) is 23.1 Å². The largest absolute Gasteiger partial charge is 0.309 e. The molecule has 0 aliphatic rings. The molecule has 0 bridgehead atoms. The van der Waals surface area contributed by atoms with Gasteiger partial charge in [-0.25, -0.2) is 17.9 Å². The van der Waals surface area contributed by atoms with E-state index in [-0.39, 0.29) is 16.9 Å². The van der Waals surface area contributed by atoms with Gasteiger partial charge in [-0.15, -0.1) is 0 Å². The number of primary sulfonamides is 1.